The predicted molar refractivity (Wildman–Crippen MR) is 140 cm³/mol. The Bertz CT molecular complexity index is 1260. The summed E-state index contributed by atoms with van der Waals surface area (Å²) in [7, 11) is 0. The summed E-state index contributed by atoms with van der Waals surface area (Å²) in [5.74, 6) is 0.990. The summed E-state index contributed by atoms with van der Waals surface area (Å²) in [6.07, 6.45) is 3.16. The van der Waals surface area contributed by atoms with E-state index in [1.54, 1.807) is 0 Å². The molecule has 3 aromatic carbocycles. The molecule has 2 nitrogen and oxygen atoms in total. The Hall–Kier alpha value is -3.00. The smallest absolute Gasteiger partial charge is 0.129 e. The Morgan fingerprint density at radius 3 is 2.33 bits per heavy atom. The molecule has 0 amide bonds. The van der Waals surface area contributed by atoms with Crippen LogP contribution in [0.5, 0.6) is 5.75 Å². The van der Waals surface area contributed by atoms with E-state index in [-0.39, 0.29) is 17.1 Å². The molecule has 0 saturated heterocycles. The molecule has 1 N–H and O–H groups in total. The Balaban J connectivity index is 1.65. The van der Waals surface area contributed by atoms with Crippen LogP contribution in [0.25, 0.3) is 16.7 Å². The van der Waals surface area contributed by atoms with Gasteiger partial charge in [0.1, 0.15) is 11.9 Å². The molecule has 0 aliphatic carbocycles. The fourth-order valence-corrected chi connectivity index (χ4v) is 5.49. The van der Waals surface area contributed by atoms with E-state index in [2.05, 4.69) is 114 Å². The van der Waals surface area contributed by atoms with E-state index in [4.69, 9.17) is 4.74 Å². The van der Waals surface area contributed by atoms with Crippen molar-refractivity contribution in [1.29, 1.82) is 0 Å². The monoisotopic (exact) mass is 437 g/mol. The van der Waals surface area contributed by atoms with Crippen LogP contribution in [0, 0.1) is 6.92 Å². The highest BCUT2D eigenvalue weighted by Gasteiger charge is 2.34. The Labute approximate surface area is 198 Å². The predicted octanol–water partition coefficient (Wildman–Crippen LogP) is 8.24. The van der Waals surface area contributed by atoms with Crippen LogP contribution in [0.3, 0.4) is 0 Å². The van der Waals surface area contributed by atoms with E-state index < -0.39 is 0 Å². The van der Waals surface area contributed by atoms with Gasteiger partial charge in [0, 0.05) is 28.8 Å². The average molecular weight is 438 g/mol. The standard InChI is InChI=1S/C31H35NO/c1-19-9-8-10-25-27(19)23-15-16-24-28(20(2)18-31(6,7)32-24)29(23)26(33-25)17-21-11-13-22(14-12-21)30(3,4)5/h8-16,18,26,32H,17H2,1-7H3. The van der Waals surface area contributed by atoms with Crippen LogP contribution in [0.15, 0.2) is 60.7 Å². The Morgan fingerprint density at radius 1 is 0.909 bits per heavy atom. The number of aryl methyl sites for hydroxylation is 1. The number of rotatable bonds is 2. The SMILES string of the molecule is CC1=CC(C)(C)Nc2ccc3c(c21)C(Cc1ccc(C(C)(C)C)cc1)Oc1cccc(C)c1-3. The minimum absolute atomic E-state index is 0.0314. The summed E-state index contributed by atoms with van der Waals surface area (Å²) in [6, 6.07) is 20.0. The molecule has 0 spiro atoms. The molecule has 0 bridgehead atoms. The lowest BCUT2D eigenvalue weighted by molar-refractivity contribution is 0.202. The fourth-order valence-electron chi connectivity index (χ4n) is 5.49. The van der Waals surface area contributed by atoms with Crippen molar-refractivity contribution in [3.05, 3.63) is 88.5 Å². The van der Waals surface area contributed by atoms with Crippen molar-refractivity contribution in [2.45, 2.75) is 71.9 Å². The van der Waals surface area contributed by atoms with Gasteiger partial charge < -0.3 is 10.1 Å². The van der Waals surface area contributed by atoms with Gasteiger partial charge in [0.15, 0.2) is 0 Å². The molecule has 2 aliphatic rings. The lowest BCUT2D eigenvalue weighted by Crippen LogP contribution is -2.32. The first-order valence-electron chi connectivity index (χ1n) is 12.0. The zero-order valence-electron chi connectivity index (χ0n) is 21.0. The van der Waals surface area contributed by atoms with Crippen LogP contribution < -0.4 is 10.1 Å². The maximum Gasteiger partial charge on any atom is 0.129 e. The molecule has 3 aromatic rings. The topological polar surface area (TPSA) is 21.3 Å². The van der Waals surface area contributed by atoms with Gasteiger partial charge in [-0.2, -0.15) is 0 Å². The summed E-state index contributed by atoms with van der Waals surface area (Å²) in [5, 5.41) is 3.73. The van der Waals surface area contributed by atoms with Crippen LogP contribution in [0.2, 0.25) is 0 Å². The van der Waals surface area contributed by atoms with E-state index in [1.165, 1.54) is 50.2 Å². The molecular formula is C31H35NO. The molecular weight excluding hydrogens is 402 g/mol. The number of allylic oxidation sites excluding steroid dienone is 1. The molecule has 5 rings (SSSR count). The zero-order valence-corrected chi connectivity index (χ0v) is 21.0. The number of fused-ring (bicyclic) bond motifs is 5. The maximum absolute atomic E-state index is 6.75. The molecule has 2 aliphatic heterocycles. The van der Waals surface area contributed by atoms with Crippen LogP contribution in [0.1, 0.15) is 75.5 Å². The number of ether oxygens (including phenoxy) is 1. The van der Waals surface area contributed by atoms with E-state index in [9.17, 15) is 0 Å². The highest BCUT2D eigenvalue weighted by molar-refractivity contribution is 5.90. The minimum atomic E-state index is -0.0625. The van der Waals surface area contributed by atoms with Crippen molar-refractivity contribution in [1.82, 2.24) is 0 Å². The molecule has 170 valence electrons. The van der Waals surface area contributed by atoms with Crippen molar-refractivity contribution in [2.24, 2.45) is 0 Å². The quantitative estimate of drug-likeness (QED) is 0.436. The summed E-state index contributed by atoms with van der Waals surface area (Å²) < 4.78 is 6.75. The van der Waals surface area contributed by atoms with Gasteiger partial charge in [0.25, 0.3) is 0 Å². The van der Waals surface area contributed by atoms with Gasteiger partial charge in [-0.15, -0.1) is 0 Å². The summed E-state index contributed by atoms with van der Waals surface area (Å²) in [5.41, 5.74) is 11.7. The van der Waals surface area contributed by atoms with Crippen LogP contribution in [-0.4, -0.2) is 5.54 Å². The molecule has 0 aromatic heterocycles. The van der Waals surface area contributed by atoms with Gasteiger partial charge in [0.2, 0.25) is 0 Å². The second-order valence-corrected chi connectivity index (χ2v) is 11.3. The van der Waals surface area contributed by atoms with Crippen molar-refractivity contribution in [3.63, 3.8) is 0 Å². The third kappa shape index (κ3) is 3.86. The van der Waals surface area contributed by atoms with E-state index in [0.717, 1.165) is 12.2 Å². The van der Waals surface area contributed by atoms with Crippen molar-refractivity contribution < 1.29 is 4.74 Å². The van der Waals surface area contributed by atoms with Crippen LogP contribution >= 0.6 is 0 Å². The fraction of sp³-hybridized carbons (Fsp3) is 0.355. The molecule has 33 heavy (non-hydrogen) atoms. The van der Waals surface area contributed by atoms with Gasteiger partial charge in [-0.05, 0) is 73.1 Å². The maximum atomic E-state index is 6.75. The number of hydrogen-bond acceptors (Lipinski definition) is 2. The first-order chi connectivity index (χ1) is 15.5. The van der Waals surface area contributed by atoms with Gasteiger partial charge in [-0.1, -0.05) is 69.3 Å². The highest BCUT2D eigenvalue weighted by atomic mass is 16.5. The normalized spacial score (nSPS) is 18.3. The minimum Gasteiger partial charge on any atom is -0.485 e. The molecule has 0 saturated carbocycles. The molecule has 2 heterocycles. The van der Waals surface area contributed by atoms with E-state index in [0.29, 0.717) is 0 Å². The number of nitrogens with one attached hydrogen (secondary N) is 1. The number of benzene rings is 3. The third-order valence-corrected chi connectivity index (χ3v) is 7.01. The first kappa shape index (κ1) is 21.8. The van der Waals surface area contributed by atoms with E-state index in [1.807, 2.05) is 0 Å². The molecule has 2 heteroatoms. The summed E-state index contributed by atoms with van der Waals surface area (Å²) in [6.45, 7) is 15.7. The van der Waals surface area contributed by atoms with Crippen molar-refractivity contribution in [3.8, 4) is 16.9 Å². The summed E-state index contributed by atoms with van der Waals surface area (Å²) >= 11 is 0. The van der Waals surface area contributed by atoms with Crippen molar-refractivity contribution >= 4 is 11.3 Å². The lowest BCUT2D eigenvalue weighted by atomic mass is 9.80. The second kappa shape index (κ2) is 7.52. The second-order valence-electron chi connectivity index (χ2n) is 11.3. The van der Waals surface area contributed by atoms with Crippen molar-refractivity contribution in [2.75, 3.05) is 5.32 Å². The molecule has 1 atom stereocenters. The van der Waals surface area contributed by atoms with E-state index >= 15 is 0 Å². The zero-order chi connectivity index (χ0) is 23.5. The third-order valence-electron chi connectivity index (χ3n) is 7.01. The Kier molecular flexibility index (Phi) is 4.97. The highest BCUT2D eigenvalue weighted by Crippen LogP contribution is 2.50. The van der Waals surface area contributed by atoms with Gasteiger partial charge in [-0.3, -0.25) is 0 Å². The number of hydrogen-bond donors (Lipinski definition) is 1. The molecule has 0 radical (unpaired) electrons. The molecule has 0 fully saturated rings. The van der Waals surface area contributed by atoms with Crippen LogP contribution in [-0.2, 0) is 11.8 Å². The van der Waals surface area contributed by atoms with Gasteiger partial charge in [-0.25, -0.2) is 0 Å². The number of anilines is 1. The lowest BCUT2D eigenvalue weighted by Gasteiger charge is -2.37. The average Bonchev–Trinajstić information content (AvgIpc) is 2.72. The first-order valence-corrected chi connectivity index (χ1v) is 12.0. The molecule has 1 unspecified atom stereocenters. The summed E-state index contributed by atoms with van der Waals surface area (Å²) in [4.78, 5) is 0. The van der Waals surface area contributed by atoms with Crippen LogP contribution in [0.4, 0.5) is 5.69 Å². The Morgan fingerprint density at radius 2 is 1.64 bits per heavy atom. The van der Waals surface area contributed by atoms with Gasteiger partial charge >= 0.3 is 0 Å². The largest absolute Gasteiger partial charge is 0.485 e. The van der Waals surface area contributed by atoms with Gasteiger partial charge in [0.05, 0.1) is 5.54 Å².